The van der Waals surface area contributed by atoms with Crippen LogP contribution < -0.4 is 4.74 Å². The zero-order valence-corrected chi connectivity index (χ0v) is 25.0. The van der Waals surface area contributed by atoms with Gasteiger partial charge in [0.05, 0.1) is 17.5 Å². The number of rotatable bonds is 17. The molecule has 7 heteroatoms. The van der Waals surface area contributed by atoms with Gasteiger partial charge in [0.15, 0.2) is 5.75 Å². The van der Waals surface area contributed by atoms with Crippen LogP contribution in [0.2, 0.25) is 0 Å². The highest BCUT2D eigenvalue weighted by atomic mass is 16.5. The van der Waals surface area contributed by atoms with Crippen LogP contribution in [-0.2, 0) is 37.1 Å². The predicted molar refractivity (Wildman–Crippen MR) is 156 cm³/mol. The van der Waals surface area contributed by atoms with E-state index in [4.69, 9.17) is 27.1 Å². The van der Waals surface area contributed by atoms with E-state index in [0.29, 0.717) is 36.1 Å². The number of hydrogen-bond donors (Lipinski definition) is 0. The molecule has 2 atom stereocenters. The van der Waals surface area contributed by atoms with Crippen LogP contribution in [0.25, 0.3) is 0 Å². The summed E-state index contributed by atoms with van der Waals surface area (Å²) in [6.45, 7) is 11.4. The van der Waals surface area contributed by atoms with Gasteiger partial charge in [-0.25, -0.2) is 0 Å². The second-order valence-electron chi connectivity index (χ2n) is 10.8. The minimum Gasteiger partial charge on any atom is -0.460 e. The maximum atomic E-state index is 13.0. The predicted octanol–water partition coefficient (Wildman–Crippen LogP) is 6.50. The number of carbonyl (C=O) groups excluding carboxylic acids is 3. The first kappa shape index (κ1) is 34.4. The summed E-state index contributed by atoms with van der Waals surface area (Å²) < 4.78 is 17.1. The maximum Gasteiger partial charge on any atom is 0.311 e. The average Bonchev–Trinajstić information content (AvgIpc) is 2.89. The number of pyridine rings is 1. The molecule has 1 heterocycles. The topological polar surface area (TPSA) is 91.8 Å². The van der Waals surface area contributed by atoms with E-state index in [1.54, 1.807) is 13.1 Å². The van der Waals surface area contributed by atoms with E-state index in [0.717, 1.165) is 6.42 Å². The third kappa shape index (κ3) is 12.5. The molecule has 0 aliphatic heterocycles. The van der Waals surface area contributed by atoms with Crippen molar-refractivity contribution in [3.8, 4) is 30.4 Å². The van der Waals surface area contributed by atoms with Gasteiger partial charge in [0.1, 0.15) is 13.2 Å². The van der Waals surface area contributed by atoms with Crippen molar-refractivity contribution in [3.63, 3.8) is 0 Å². The second kappa shape index (κ2) is 18.7. The number of hydrogen-bond acceptors (Lipinski definition) is 7. The quantitative estimate of drug-likeness (QED) is 0.0944. The van der Waals surface area contributed by atoms with Gasteiger partial charge < -0.3 is 14.2 Å². The van der Waals surface area contributed by atoms with Crippen LogP contribution >= 0.6 is 0 Å². The van der Waals surface area contributed by atoms with E-state index >= 15 is 0 Å². The largest absolute Gasteiger partial charge is 0.460 e. The number of aryl methyl sites for hydroxylation is 1. The van der Waals surface area contributed by atoms with Crippen molar-refractivity contribution in [2.45, 2.75) is 99.7 Å². The Labute approximate surface area is 240 Å². The zero-order chi connectivity index (χ0) is 30.1. The summed E-state index contributed by atoms with van der Waals surface area (Å²) in [6.07, 6.45) is 19.7. The van der Waals surface area contributed by atoms with Crippen LogP contribution in [-0.4, -0.2) is 22.9 Å². The smallest absolute Gasteiger partial charge is 0.311 e. The number of ether oxygens (including phenoxy) is 3. The van der Waals surface area contributed by atoms with Gasteiger partial charge in [0.25, 0.3) is 0 Å². The van der Waals surface area contributed by atoms with Gasteiger partial charge in [0, 0.05) is 36.6 Å². The monoisotopic (exact) mass is 551 g/mol. The van der Waals surface area contributed by atoms with Gasteiger partial charge in [-0.1, -0.05) is 39.8 Å². The third-order valence-electron chi connectivity index (χ3n) is 6.24. The molecule has 0 spiro atoms. The summed E-state index contributed by atoms with van der Waals surface area (Å²) in [7, 11) is 0. The second-order valence-corrected chi connectivity index (χ2v) is 10.8. The van der Waals surface area contributed by atoms with Gasteiger partial charge in [-0.2, -0.15) is 0 Å². The lowest BCUT2D eigenvalue weighted by atomic mass is 9.94. The summed E-state index contributed by atoms with van der Waals surface area (Å²) >= 11 is 0. The number of carbonyl (C=O) groups is 3. The van der Waals surface area contributed by atoms with E-state index in [9.17, 15) is 14.4 Å². The van der Waals surface area contributed by atoms with E-state index in [1.807, 2.05) is 46.8 Å². The van der Waals surface area contributed by atoms with Crippen LogP contribution in [0.4, 0.5) is 0 Å². The standard InChI is InChI=1S/C33H45NO6/c1-9-12-13-14-17-30(35)40-31-25(8)34-20-28(21-38-32(36)26(15-10-2)18-23(4)5)29(31)22-39-33(37)27(16-11-3)19-24(6)7/h2-3,9,12,20,23-24,26-27H,13-19,21-22H2,1,4-8H3/b12-9-. The molecule has 218 valence electrons. The molecule has 0 saturated carbocycles. The van der Waals surface area contributed by atoms with Crippen molar-refractivity contribution >= 4 is 17.9 Å². The van der Waals surface area contributed by atoms with E-state index in [-0.39, 0.29) is 50.1 Å². The summed E-state index contributed by atoms with van der Waals surface area (Å²) in [4.78, 5) is 42.8. The number of nitrogens with zero attached hydrogens (tertiary/aromatic N) is 1. The number of allylic oxidation sites excluding steroid dienone is 2. The molecule has 40 heavy (non-hydrogen) atoms. The lowest BCUT2D eigenvalue weighted by molar-refractivity contribution is -0.152. The van der Waals surface area contributed by atoms with Crippen molar-refractivity contribution in [1.82, 2.24) is 4.98 Å². The summed E-state index contributed by atoms with van der Waals surface area (Å²) in [5.74, 6) is 3.67. The minimum absolute atomic E-state index is 0.135. The molecule has 0 aliphatic carbocycles. The van der Waals surface area contributed by atoms with Crippen molar-refractivity contribution < 1.29 is 28.6 Å². The Morgan fingerprint density at radius 1 is 0.950 bits per heavy atom. The summed E-state index contributed by atoms with van der Waals surface area (Å²) in [5, 5.41) is 0. The van der Waals surface area contributed by atoms with Crippen molar-refractivity contribution in [1.29, 1.82) is 0 Å². The Morgan fingerprint density at radius 2 is 1.50 bits per heavy atom. The minimum atomic E-state index is -0.451. The Hall–Kier alpha value is -3.58. The third-order valence-corrected chi connectivity index (χ3v) is 6.24. The fourth-order valence-electron chi connectivity index (χ4n) is 4.27. The van der Waals surface area contributed by atoms with Crippen molar-refractivity contribution in [2.75, 3.05) is 0 Å². The molecular weight excluding hydrogens is 506 g/mol. The van der Waals surface area contributed by atoms with Gasteiger partial charge in [-0.15, -0.1) is 24.7 Å². The Morgan fingerprint density at radius 3 is 2.00 bits per heavy atom. The fourth-order valence-corrected chi connectivity index (χ4v) is 4.27. The molecule has 0 radical (unpaired) electrons. The molecule has 0 aliphatic rings. The van der Waals surface area contributed by atoms with E-state index in [2.05, 4.69) is 16.8 Å². The van der Waals surface area contributed by atoms with Gasteiger partial charge in [-0.3, -0.25) is 19.4 Å². The SMILES string of the molecule is C#CCC(CC(C)C)C(=O)OCc1cnc(C)c(OC(=O)CCC/C=C\C)c1COC(=O)C(CC#C)CC(C)C. The highest BCUT2D eigenvalue weighted by Gasteiger charge is 2.25. The summed E-state index contributed by atoms with van der Waals surface area (Å²) in [5.41, 5.74) is 1.36. The molecule has 2 unspecified atom stereocenters. The highest BCUT2D eigenvalue weighted by molar-refractivity contribution is 5.75. The molecule has 1 aromatic heterocycles. The molecular formula is C33H45NO6. The van der Waals surface area contributed by atoms with Crippen molar-refractivity contribution in [2.24, 2.45) is 23.7 Å². The Balaban J connectivity index is 3.26. The van der Waals surface area contributed by atoms with Crippen LogP contribution in [0.5, 0.6) is 5.75 Å². The number of esters is 3. The Kier molecular flexibility index (Phi) is 16.1. The number of unbranched alkanes of at least 4 members (excludes halogenated alkanes) is 1. The molecule has 0 fully saturated rings. The molecule has 7 nitrogen and oxygen atoms in total. The van der Waals surface area contributed by atoms with Crippen LogP contribution in [0, 0.1) is 55.3 Å². The van der Waals surface area contributed by atoms with Crippen molar-refractivity contribution in [3.05, 3.63) is 35.2 Å². The highest BCUT2D eigenvalue weighted by Crippen LogP contribution is 2.29. The van der Waals surface area contributed by atoms with Crippen LogP contribution in [0.3, 0.4) is 0 Å². The van der Waals surface area contributed by atoms with Gasteiger partial charge in [-0.05, 0) is 51.4 Å². The van der Waals surface area contributed by atoms with Gasteiger partial charge in [0.2, 0.25) is 0 Å². The maximum absolute atomic E-state index is 13.0. The lowest BCUT2D eigenvalue weighted by Gasteiger charge is -2.20. The lowest BCUT2D eigenvalue weighted by Crippen LogP contribution is -2.22. The molecule has 0 bridgehead atoms. The molecule has 0 aromatic carbocycles. The van der Waals surface area contributed by atoms with Crippen LogP contribution in [0.1, 0.15) is 96.4 Å². The van der Waals surface area contributed by atoms with Gasteiger partial charge >= 0.3 is 17.9 Å². The average molecular weight is 552 g/mol. The number of terminal acetylenes is 2. The molecule has 1 rings (SSSR count). The fraction of sp³-hybridized carbons (Fsp3) is 0.576. The normalized spacial score (nSPS) is 12.6. The van der Waals surface area contributed by atoms with E-state index in [1.165, 1.54) is 0 Å². The summed E-state index contributed by atoms with van der Waals surface area (Å²) in [6, 6.07) is 0. The number of aromatic nitrogens is 1. The first-order valence-electron chi connectivity index (χ1n) is 14.0. The first-order valence-corrected chi connectivity index (χ1v) is 14.0. The first-order chi connectivity index (χ1) is 19.0. The van der Waals surface area contributed by atoms with Crippen LogP contribution in [0.15, 0.2) is 18.3 Å². The van der Waals surface area contributed by atoms with E-state index < -0.39 is 29.7 Å². The zero-order valence-electron chi connectivity index (χ0n) is 25.0. The molecule has 0 amide bonds. The Bertz CT molecular complexity index is 1090. The molecule has 0 saturated heterocycles. The molecule has 0 N–H and O–H groups in total. The molecule has 1 aromatic rings.